The van der Waals surface area contributed by atoms with Crippen LogP contribution in [0, 0.1) is 0 Å². The second-order valence-corrected chi connectivity index (χ2v) is 6.76. The van der Waals surface area contributed by atoms with Gasteiger partial charge in [-0.1, -0.05) is 0 Å². The Morgan fingerprint density at radius 3 is 2.46 bits per heavy atom. The molecule has 0 aliphatic carbocycles. The van der Waals surface area contributed by atoms with Gasteiger partial charge in [-0.3, -0.25) is 14.4 Å². The summed E-state index contributed by atoms with van der Waals surface area (Å²) in [4.78, 5) is 18.9. The van der Waals surface area contributed by atoms with Gasteiger partial charge >= 0.3 is 0 Å². The van der Waals surface area contributed by atoms with E-state index in [2.05, 4.69) is 22.1 Å². The quantitative estimate of drug-likeness (QED) is 0.778. The van der Waals surface area contributed by atoms with Gasteiger partial charge in [0.25, 0.3) is 0 Å². The number of carbonyl (C=O) groups is 1. The Labute approximate surface area is 154 Å². The van der Waals surface area contributed by atoms with E-state index in [1.807, 2.05) is 48.4 Å². The summed E-state index contributed by atoms with van der Waals surface area (Å²) in [7, 11) is 5.54. The van der Waals surface area contributed by atoms with Gasteiger partial charge in [0.15, 0.2) is 0 Å². The second-order valence-electron chi connectivity index (χ2n) is 6.76. The molecule has 7 heteroatoms. The molecule has 1 aliphatic rings. The maximum atomic E-state index is 12.6. The third kappa shape index (κ3) is 4.54. The molecule has 1 fully saturated rings. The van der Waals surface area contributed by atoms with Crippen LogP contribution in [-0.4, -0.2) is 72.4 Å². The maximum Gasteiger partial charge on any atom is 0.236 e. The number of benzene rings is 1. The molecule has 140 valence electrons. The zero-order chi connectivity index (χ0) is 18.5. The molecule has 0 bridgehead atoms. The average molecular weight is 357 g/mol. The number of carbonyl (C=O) groups excluding carboxylic acids is 1. The molecule has 0 spiro atoms. The van der Waals surface area contributed by atoms with Gasteiger partial charge in [0.1, 0.15) is 5.75 Å². The molecule has 0 unspecified atom stereocenters. The van der Waals surface area contributed by atoms with Crippen molar-refractivity contribution in [1.29, 1.82) is 0 Å². The molecular formula is C19H27N5O2. The van der Waals surface area contributed by atoms with Gasteiger partial charge in [-0.2, -0.15) is 5.10 Å². The lowest BCUT2D eigenvalue weighted by atomic mass is 10.2. The molecule has 1 amide bonds. The molecule has 2 heterocycles. The molecule has 1 saturated heterocycles. The second kappa shape index (κ2) is 8.23. The van der Waals surface area contributed by atoms with Crippen LogP contribution < -0.4 is 9.64 Å². The first-order valence-electron chi connectivity index (χ1n) is 8.88. The highest BCUT2D eigenvalue weighted by atomic mass is 16.5. The first kappa shape index (κ1) is 18.3. The number of rotatable bonds is 6. The number of nitrogens with zero attached hydrogens (tertiary/aromatic N) is 5. The number of hydrogen-bond acceptors (Lipinski definition) is 5. The normalized spacial score (nSPS) is 14.8. The van der Waals surface area contributed by atoms with E-state index in [0.717, 1.165) is 44.0 Å². The standard InChI is InChI=1S/C19H27N5O2/c1-21(13-16-12-20-22(2)14-16)15-19(25)24-10-8-23(9-11-24)17-4-6-18(26-3)7-5-17/h4-7,12,14H,8-11,13,15H2,1-3H3. The van der Waals surface area contributed by atoms with Crippen LogP contribution >= 0.6 is 0 Å². The summed E-state index contributed by atoms with van der Waals surface area (Å²) < 4.78 is 6.99. The van der Waals surface area contributed by atoms with Crippen LogP contribution in [0.15, 0.2) is 36.7 Å². The average Bonchev–Trinajstić information content (AvgIpc) is 3.06. The van der Waals surface area contributed by atoms with Gasteiger partial charge in [0, 0.05) is 57.2 Å². The fourth-order valence-corrected chi connectivity index (χ4v) is 3.26. The number of aromatic nitrogens is 2. The van der Waals surface area contributed by atoms with Gasteiger partial charge in [0.05, 0.1) is 19.9 Å². The van der Waals surface area contributed by atoms with Gasteiger partial charge in [-0.15, -0.1) is 0 Å². The van der Waals surface area contributed by atoms with Crippen molar-refractivity contribution in [1.82, 2.24) is 19.6 Å². The van der Waals surface area contributed by atoms with Crippen LogP contribution in [0.2, 0.25) is 0 Å². The number of methoxy groups -OCH3 is 1. The van der Waals surface area contributed by atoms with E-state index in [0.29, 0.717) is 6.54 Å². The molecule has 1 aliphatic heterocycles. The summed E-state index contributed by atoms with van der Waals surface area (Å²) in [5.41, 5.74) is 2.29. The van der Waals surface area contributed by atoms with Gasteiger partial charge in [-0.05, 0) is 31.3 Å². The number of amides is 1. The molecular weight excluding hydrogens is 330 g/mol. The summed E-state index contributed by atoms with van der Waals surface area (Å²) in [6.45, 7) is 4.37. The highest BCUT2D eigenvalue weighted by Gasteiger charge is 2.22. The zero-order valence-electron chi connectivity index (χ0n) is 15.8. The third-order valence-corrected chi connectivity index (χ3v) is 4.69. The van der Waals surface area contributed by atoms with Gasteiger partial charge in [0.2, 0.25) is 5.91 Å². The Morgan fingerprint density at radius 1 is 1.19 bits per heavy atom. The lowest BCUT2D eigenvalue weighted by Gasteiger charge is -2.36. The fraction of sp³-hybridized carbons (Fsp3) is 0.474. The minimum absolute atomic E-state index is 0.186. The largest absolute Gasteiger partial charge is 0.497 e. The molecule has 0 N–H and O–H groups in total. The van der Waals surface area contributed by atoms with Crippen LogP contribution in [0.25, 0.3) is 0 Å². The molecule has 0 saturated carbocycles. The number of hydrogen-bond donors (Lipinski definition) is 0. The minimum atomic E-state index is 0.186. The highest BCUT2D eigenvalue weighted by Crippen LogP contribution is 2.20. The Bertz CT molecular complexity index is 720. The van der Waals surface area contributed by atoms with E-state index in [1.54, 1.807) is 11.8 Å². The molecule has 0 radical (unpaired) electrons. The smallest absolute Gasteiger partial charge is 0.236 e. The fourth-order valence-electron chi connectivity index (χ4n) is 3.26. The lowest BCUT2D eigenvalue weighted by molar-refractivity contribution is -0.132. The Kier molecular flexibility index (Phi) is 5.78. The summed E-state index contributed by atoms with van der Waals surface area (Å²) in [5.74, 6) is 1.05. The van der Waals surface area contributed by atoms with Crippen molar-refractivity contribution < 1.29 is 9.53 Å². The van der Waals surface area contributed by atoms with E-state index in [1.165, 1.54) is 5.69 Å². The maximum absolute atomic E-state index is 12.6. The minimum Gasteiger partial charge on any atom is -0.497 e. The van der Waals surface area contributed by atoms with Crippen molar-refractivity contribution >= 4 is 11.6 Å². The molecule has 2 aromatic rings. The van der Waals surface area contributed by atoms with Gasteiger partial charge < -0.3 is 14.5 Å². The predicted molar refractivity (Wildman–Crippen MR) is 101 cm³/mol. The van der Waals surface area contributed by atoms with Crippen molar-refractivity contribution in [3.8, 4) is 5.75 Å². The Balaban J connectivity index is 1.46. The number of ether oxygens (including phenoxy) is 1. The summed E-state index contributed by atoms with van der Waals surface area (Å²) in [6, 6.07) is 8.08. The lowest BCUT2D eigenvalue weighted by Crippen LogP contribution is -2.51. The van der Waals surface area contributed by atoms with Crippen LogP contribution in [0.4, 0.5) is 5.69 Å². The molecule has 1 aromatic heterocycles. The first-order chi connectivity index (χ1) is 12.5. The van der Waals surface area contributed by atoms with Crippen molar-refractivity contribution in [3.63, 3.8) is 0 Å². The van der Waals surface area contributed by atoms with E-state index < -0.39 is 0 Å². The summed E-state index contributed by atoms with van der Waals surface area (Å²) in [6.07, 6.45) is 3.82. The van der Waals surface area contributed by atoms with Crippen LogP contribution in [0.3, 0.4) is 0 Å². The monoisotopic (exact) mass is 357 g/mol. The first-order valence-corrected chi connectivity index (χ1v) is 8.88. The predicted octanol–water partition coefficient (Wildman–Crippen LogP) is 1.21. The molecule has 3 rings (SSSR count). The van der Waals surface area contributed by atoms with E-state index >= 15 is 0 Å². The highest BCUT2D eigenvalue weighted by molar-refractivity contribution is 5.78. The van der Waals surface area contributed by atoms with Crippen LogP contribution in [0.5, 0.6) is 5.75 Å². The summed E-state index contributed by atoms with van der Waals surface area (Å²) >= 11 is 0. The van der Waals surface area contributed by atoms with Crippen molar-refractivity contribution in [2.45, 2.75) is 6.54 Å². The Morgan fingerprint density at radius 2 is 1.88 bits per heavy atom. The van der Waals surface area contributed by atoms with Crippen molar-refractivity contribution in [2.24, 2.45) is 7.05 Å². The number of anilines is 1. The summed E-state index contributed by atoms with van der Waals surface area (Å²) in [5, 5.41) is 4.17. The van der Waals surface area contributed by atoms with E-state index in [-0.39, 0.29) is 5.91 Å². The molecule has 7 nitrogen and oxygen atoms in total. The van der Waals surface area contributed by atoms with Crippen LogP contribution in [0.1, 0.15) is 5.56 Å². The molecule has 1 aromatic carbocycles. The number of aryl methyl sites for hydroxylation is 1. The number of piperazine rings is 1. The van der Waals surface area contributed by atoms with E-state index in [4.69, 9.17) is 4.74 Å². The van der Waals surface area contributed by atoms with E-state index in [9.17, 15) is 4.79 Å². The SMILES string of the molecule is COc1ccc(N2CCN(C(=O)CN(C)Cc3cnn(C)c3)CC2)cc1. The topological polar surface area (TPSA) is 53.8 Å². The number of likely N-dealkylation sites (N-methyl/N-ethyl adjacent to an activating group) is 1. The molecule has 0 atom stereocenters. The molecule has 26 heavy (non-hydrogen) atoms. The zero-order valence-corrected chi connectivity index (χ0v) is 15.8. The van der Waals surface area contributed by atoms with Crippen LogP contribution in [-0.2, 0) is 18.4 Å². The van der Waals surface area contributed by atoms with Crippen molar-refractivity contribution in [3.05, 3.63) is 42.2 Å². The Hall–Kier alpha value is -2.54. The third-order valence-electron chi connectivity index (χ3n) is 4.69. The van der Waals surface area contributed by atoms with Crippen molar-refractivity contribution in [2.75, 3.05) is 51.8 Å². The van der Waals surface area contributed by atoms with Gasteiger partial charge in [-0.25, -0.2) is 0 Å².